The zero-order chi connectivity index (χ0) is 16.6. The standard InChI is InChI=1S/C17H12Cl2N2O2/c1-10-13(7-11-8-14(18)16(22)15(19)9-11)17(23)21(20-10)12-5-3-2-4-6-12/h2-9,22H,1H3/b13-7+. The quantitative estimate of drug-likeness (QED) is 0.813. The van der Waals surface area contributed by atoms with Crippen LogP contribution in [-0.4, -0.2) is 16.7 Å². The van der Waals surface area contributed by atoms with Gasteiger partial charge in [0.05, 0.1) is 27.0 Å². The molecule has 0 aromatic heterocycles. The summed E-state index contributed by atoms with van der Waals surface area (Å²) in [5.74, 6) is -0.404. The number of nitrogens with zero attached hydrogens (tertiary/aromatic N) is 2. The summed E-state index contributed by atoms with van der Waals surface area (Å²) in [5, 5.41) is 15.5. The lowest BCUT2D eigenvalue weighted by molar-refractivity contribution is -0.114. The molecule has 116 valence electrons. The van der Waals surface area contributed by atoms with E-state index in [0.29, 0.717) is 22.5 Å². The largest absolute Gasteiger partial charge is 0.505 e. The van der Waals surface area contributed by atoms with E-state index in [1.54, 1.807) is 25.1 Å². The molecule has 4 nitrogen and oxygen atoms in total. The highest BCUT2D eigenvalue weighted by Gasteiger charge is 2.28. The molecule has 3 rings (SSSR count). The average molecular weight is 347 g/mol. The Morgan fingerprint density at radius 2 is 1.74 bits per heavy atom. The van der Waals surface area contributed by atoms with Crippen molar-refractivity contribution in [3.05, 3.63) is 63.6 Å². The Labute approximate surface area is 143 Å². The second-order valence-corrected chi connectivity index (χ2v) is 5.84. The molecule has 1 aliphatic rings. The number of anilines is 1. The van der Waals surface area contributed by atoms with Gasteiger partial charge in [0, 0.05) is 0 Å². The van der Waals surface area contributed by atoms with Crippen LogP contribution in [0.4, 0.5) is 5.69 Å². The van der Waals surface area contributed by atoms with Crippen LogP contribution in [-0.2, 0) is 4.79 Å². The molecule has 2 aromatic rings. The number of para-hydroxylation sites is 1. The van der Waals surface area contributed by atoms with E-state index in [-0.39, 0.29) is 21.7 Å². The van der Waals surface area contributed by atoms with Crippen LogP contribution in [0.15, 0.2) is 53.1 Å². The molecule has 23 heavy (non-hydrogen) atoms. The highest BCUT2D eigenvalue weighted by Crippen LogP contribution is 2.34. The fraction of sp³-hybridized carbons (Fsp3) is 0.0588. The molecular weight excluding hydrogens is 335 g/mol. The van der Waals surface area contributed by atoms with Crippen LogP contribution in [0.5, 0.6) is 5.75 Å². The van der Waals surface area contributed by atoms with Gasteiger partial charge in [-0.2, -0.15) is 10.1 Å². The first-order valence-electron chi connectivity index (χ1n) is 6.82. The van der Waals surface area contributed by atoms with Crippen molar-refractivity contribution in [3.8, 4) is 5.75 Å². The normalized spacial score (nSPS) is 16.1. The molecule has 1 N–H and O–H groups in total. The number of hydrogen-bond donors (Lipinski definition) is 1. The number of halogens is 2. The van der Waals surface area contributed by atoms with Crippen molar-refractivity contribution in [2.24, 2.45) is 5.10 Å². The third-order valence-electron chi connectivity index (χ3n) is 3.41. The van der Waals surface area contributed by atoms with E-state index >= 15 is 0 Å². The first-order valence-corrected chi connectivity index (χ1v) is 7.58. The van der Waals surface area contributed by atoms with Crippen molar-refractivity contribution in [3.63, 3.8) is 0 Å². The summed E-state index contributed by atoms with van der Waals surface area (Å²) >= 11 is 11.8. The molecular formula is C17H12Cl2N2O2. The molecule has 0 saturated carbocycles. The number of amides is 1. The zero-order valence-corrected chi connectivity index (χ0v) is 13.6. The average Bonchev–Trinajstić information content (AvgIpc) is 2.81. The number of phenols is 1. The van der Waals surface area contributed by atoms with Gasteiger partial charge in [-0.25, -0.2) is 0 Å². The third kappa shape index (κ3) is 2.96. The van der Waals surface area contributed by atoms with Crippen LogP contribution in [0.3, 0.4) is 0 Å². The summed E-state index contributed by atoms with van der Waals surface area (Å²) < 4.78 is 0. The molecule has 6 heteroatoms. The molecule has 0 bridgehead atoms. The van der Waals surface area contributed by atoms with Crippen molar-refractivity contribution in [2.75, 3.05) is 5.01 Å². The Hall–Kier alpha value is -2.30. The molecule has 1 heterocycles. The topological polar surface area (TPSA) is 52.9 Å². The second-order valence-electron chi connectivity index (χ2n) is 5.03. The minimum absolute atomic E-state index is 0.129. The lowest BCUT2D eigenvalue weighted by Crippen LogP contribution is -2.21. The first kappa shape index (κ1) is 15.6. The van der Waals surface area contributed by atoms with Gasteiger partial charge < -0.3 is 5.11 Å². The maximum absolute atomic E-state index is 12.6. The van der Waals surface area contributed by atoms with E-state index in [0.717, 1.165) is 0 Å². The monoisotopic (exact) mass is 346 g/mol. The molecule has 0 atom stereocenters. The van der Waals surface area contributed by atoms with Crippen LogP contribution < -0.4 is 5.01 Å². The van der Waals surface area contributed by atoms with Crippen LogP contribution >= 0.6 is 23.2 Å². The number of hydrazone groups is 1. The van der Waals surface area contributed by atoms with Crippen molar-refractivity contribution in [1.29, 1.82) is 0 Å². The first-order chi connectivity index (χ1) is 11.0. The number of phenolic OH excluding ortho intramolecular Hbond substituents is 1. The predicted octanol–water partition coefficient (Wildman–Crippen LogP) is 4.51. The van der Waals surface area contributed by atoms with Crippen LogP contribution in [0.25, 0.3) is 6.08 Å². The molecule has 0 unspecified atom stereocenters. The summed E-state index contributed by atoms with van der Waals surface area (Å²) in [6.07, 6.45) is 1.65. The van der Waals surface area contributed by atoms with E-state index in [9.17, 15) is 9.90 Å². The van der Waals surface area contributed by atoms with Crippen molar-refractivity contribution in [2.45, 2.75) is 6.92 Å². The van der Waals surface area contributed by atoms with E-state index in [2.05, 4.69) is 5.10 Å². The number of hydrogen-bond acceptors (Lipinski definition) is 3. The molecule has 1 amide bonds. The SMILES string of the molecule is CC1=NN(c2ccccc2)C(=O)/C1=C/c1cc(Cl)c(O)c(Cl)c1. The van der Waals surface area contributed by atoms with Crippen molar-refractivity contribution in [1.82, 2.24) is 0 Å². The lowest BCUT2D eigenvalue weighted by Gasteiger charge is -2.11. The smallest absolute Gasteiger partial charge is 0.280 e. The van der Waals surface area contributed by atoms with Gasteiger partial charge in [0.25, 0.3) is 5.91 Å². The third-order valence-corrected chi connectivity index (χ3v) is 3.99. The summed E-state index contributed by atoms with van der Waals surface area (Å²) in [6, 6.07) is 12.3. The Kier molecular flexibility index (Phi) is 4.11. The lowest BCUT2D eigenvalue weighted by atomic mass is 10.1. The van der Waals surface area contributed by atoms with Crippen molar-refractivity contribution >= 4 is 46.6 Å². The zero-order valence-electron chi connectivity index (χ0n) is 12.1. The molecule has 0 aliphatic carbocycles. The maximum Gasteiger partial charge on any atom is 0.280 e. The Morgan fingerprint density at radius 1 is 1.13 bits per heavy atom. The number of carbonyl (C=O) groups is 1. The van der Waals surface area contributed by atoms with Gasteiger partial charge in [-0.05, 0) is 42.8 Å². The number of aromatic hydroxyl groups is 1. The van der Waals surface area contributed by atoms with Gasteiger partial charge in [0.2, 0.25) is 0 Å². The number of carbonyl (C=O) groups excluding carboxylic acids is 1. The molecule has 0 saturated heterocycles. The molecule has 0 spiro atoms. The summed E-state index contributed by atoms with van der Waals surface area (Å²) in [4.78, 5) is 12.6. The maximum atomic E-state index is 12.6. The molecule has 1 aliphatic heterocycles. The minimum Gasteiger partial charge on any atom is -0.505 e. The van der Waals surface area contributed by atoms with Crippen LogP contribution in [0.1, 0.15) is 12.5 Å². The van der Waals surface area contributed by atoms with E-state index in [4.69, 9.17) is 23.2 Å². The van der Waals surface area contributed by atoms with E-state index in [1.807, 2.05) is 30.3 Å². The predicted molar refractivity (Wildman–Crippen MR) is 93.1 cm³/mol. The second kappa shape index (κ2) is 6.07. The Balaban J connectivity index is 1.99. The van der Waals surface area contributed by atoms with Gasteiger partial charge in [-0.3, -0.25) is 4.79 Å². The van der Waals surface area contributed by atoms with Crippen LogP contribution in [0.2, 0.25) is 10.0 Å². The molecule has 0 fully saturated rings. The van der Waals surface area contributed by atoms with E-state index < -0.39 is 0 Å². The fourth-order valence-corrected chi connectivity index (χ4v) is 2.77. The molecule has 2 aromatic carbocycles. The van der Waals surface area contributed by atoms with Gasteiger partial charge >= 0.3 is 0 Å². The minimum atomic E-state index is -0.228. The Morgan fingerprint density at radius 3 is 2.35 bits per heavy atom. The molecule has 0 radical (unpaired) electrons. The summed E-state index contributed by atoms with van der Waals surface area (Å²) in [6.45, 7) is 1.76. The van der Waals surface area contributed by atoms with Gasteiger partial charge in [-0.15, -0.1) is 0 Å². The van der Waals surface area contributed by atoms with Gasteiger partial charge in [-0.1, -0.05) is 41.4 Å². The highest BCUT2D eigenvalue weighted by atomic mass is 35.5. The van der Waals surface area contributed by atoms with Gasteiger partial charge in [0.15, 0.2) is 5.75 Å². The summed E-state index contributed by atoms with van der Waals surface area (Å²) in [7, 11) is 0. The number of rotatable bonds is 2. The van der Waals surface area contributed by atoms with E-state index in [1.165, 1.54) is 5.01 Å². The van der Waals surface area contributed by atoms with Crippen LogP contribution in [0, 0.1) is 0 Å². The summed E-state index contributed by atoms with van der Waals surface area (Å²) in [5.41, 5.74) is 2.36. The Bertz CT molecular complexity index is 822. The number of benzene rings is 2. The van der Waals surface area contributed by atoms with Crippen molar-refractivity contribution < 1.29 is 9.90 Å². The van der Waals surface area contributed by atoms with Gasteiger partial charge in [0.1, 0.15) is 0 Å². The fourth-order valence-electron chi connectivity index (χ4n) is 2.26. The highest BCUT2D eigenvalue weighted by molar-refractivity contribution is 6.37.